The predicted molar refractivity (Wildman–Crippen MR) is 438 cm³/mol. The number of nitrogens with zero attached hydrogens (tertiary/aromatic N) is 6. The zero-order valence-corrected chi connectivity index (χ0v) is 59.3. The quantitative estimate of drug-likeness (QED) is 0.0891. The molecule has 0 amide bonds. The molecule has 3 heterocycles. The van der Waals surface area contributed by atoms with Gasteiger partial charge in [0.25, 0.3) is 0 Å². The van der Waals surface area contributed by atoms with Crippen LogP contribution in [0.1, 0.15) is 22.3 Å². The zero-order valence-electron chi connectivity index (χ0n) is 57.6. The molecule has 2 aliphatic heterocycles. The van der Waals surface area contributed by atoms with Gasteiger partial charge in [0.1, 0.15) is 0 Å². The van der Waals surface area contributed by atoms with Gasteiger partial charge in [-0.1, -0.05) is 78.4 Å². The number of hydrogen-bond donors (Lipinski definition) is 0. The van der Waals surface area contributed by atoms with Crippen molar-refractivity contribution in [3.63, 3.8) is 0 Å². The summed E-state index contributed by atoms with van der Waals surface area (Å²) in [4.78, 5) is 14.8. The molecule has 1 aromatic heterocycles. The summed E-state index contributed by atoms with van der Waals surface area (Å²) < 4.78 is 2.80. The second kappa shape index (κ2) is 25.2. The van der Waals surface area contributed by atoms with Gasteiger partial charge in [-0.15, -0.1) is 0 Å². The summed E-state index contributed by atoms with van der Waals surface area (Å²) in [6.45, 7) is 8.66. The van der Waals surface area contributed by atoms with E-state index in [0.29, 0.717) is 0 Å². The molecular weight excluding hydrogens is 1320 g/mol. The van der Waals surface area contributed by atoms with Gasteiger partial charge in [0, 0.05) is 22.7 Å². The molecule has 6 nitrogen and oxygen atoms in total. The van der Waals surface area contributed by atoms with Crippen molar-refractivity contribution in [2.75, 3.05) is 29.4 Å². The van der Waals surface area contributed by atoms with E-state index in [1.807, 2.05) is 0 Å². The van der Waals surface area contributed by atoms with E-state index in [0.717, 1.165) is 113 Å². The fourth-order valence-electron chi connectivity index (χ4n) is 16.0. The van der Waals surface area contributed by atoms with Gasteiger partial charge < -0.3 is 14.7 Å². The van der Waals surface area contributed by atoms with Crippen LogP contribution in [0, 0.1) is 27.7 Å². The van der Waals surface area contributed by atoms with Crippen molar-refractivity contribution >= 4 is 158 Å². The van der Waals surface area contributed by atoms with E-state index >= 15 is 0 Å². The van der Waals surface area contributed by atoms with Gasteiger partial charge in [0.05, 0.1) is 22.7 Å². The van der Waals surface area contributed by atoms with E-state index in [-0.39, 0.29) is 14.5 Å². The first-order valence-corrected chi connectivity index (χ1v) is 37.1. The third-order valence-corrected chi connectivity index (χ3v) is 22.9. The van der Waals surface area contributed by atoms with E-state index < -0.39 is 0 Å². The Labute approximate surface area is 607 Å². The molecular formula is C96H70N6Se. The Morgan fingerprint density at radius 3 is 1.00 bits per heavy atom. The van der Waals surface area contributed by atoms with Crippen LogP contribution in [0.5, 0.6) is 0 Å². The molecule has 0 atom stereocenters. The van der Waals surface area contributed by atoms with Crippen LogP contribution in [-0.2, 0) is 0 Å². The van der Waals surface area contributed by atoms with Crippen LogP contribution in [0.25, 0.3) is 63.1 Å². The molecule has 0 spiro atoms. The van der Waals surface area contributed by atoms with Gasteiger partial charge >= 0.3 is 373 Å². The molecule has 0 aliphatic carbocycles. The molecule has 17 aromatic rings. The maximum absolute atomic E-state index is 2.55. The van der Waals surface area contributed by atoms with Gasteiger partial charge in [-0.2, -0.15) is 0 Å². The maximum atomic E-state index is 2.55. The molecule has 0 fully saturated rings. The molecule has 0 bridgehead atoms. The second-order valence-corrected chi connectivity index (χ2v) is 29.5. The zero-order chi connectivity index (χ0) is 68.8. The summed E-state index contributed by atoms with van der Waals surface area (Å²) in [5.41, 5.74) is 29.3. The largest absolute Gasteiger partial charge is 0.0703 e. The average molecular weight is 1390 g/mol. The summed E-state index contributed by atoms with van der Waals surface area (Å²) in [5, 5.41) is 7.33. The Hall–Kier alpha value is -12.6. The predicted octanol–water partition coefficient (Wildman–Crippen LogP) is 27.4. The van der Waals surface area contributed by atoms with Crippen LogP contribution < -0.4 is 29.4 Å². The van der Waals surface area contributed by atoms with Crippen molar-refractivity contribution in [2.24, 2.45) is 0 Å². The van der Waals surface area contributed by atoms with Gasteiger partial charge in [-0.3, -0.25) is 0 Å². The van der Waals surface area contributed by atoms with Gasteiger partial charge in [-0.05, 0) is 100.0 Å². The number of rotatable bonds is 12. The van der Waals surface area contributed by atoms with E-state index in [1.165, 1.54) is 74.2 Å². The molecule has 0 radical (unpaired) electrons. The van der Waals surface area contributed by atoms with Crippen molar-refractivity contribution < 1.29 is 0 Å². The van der Waals surface area contributed by atoms with Crippen LogP contribution >= 0.6 is 0 Å². The Kier molecular flexibility index (Phi) is 15.0. The van der Waals surface area contributed by atoms with Crippen molar-refractivity contribution in [2.45, 2.75) is 27.7 Å². The summed E-state index contributed by atoms with van der Waals surface area (Å²) in [6, 6.07) is 131. The SMILES string of the molecule is Cc1ccc(N(c2cccc(C)c2)c2cccc(N3c4ccccc4N(c4ccc5c(-c6ccccc6)c6cc(N7c8ccccc8N(c8cccc(N(c9cccc(C)c9)c9cccc(C)c9)c8)c8cc9c(cc87)[se]c7ccccc79)ccc6c(-c6ccccc6)c5c4)c4ccccc43)c2)cc1. The summed E-state index contributed by atoms with van der Waals surface area (Å²) in [7, 11) is 0. The first kappa shape index (κ1) is 61.4. The maximum Gasteiger partial charge on any atom is 0.0703 e. The number of anilines is 18. The van der Waals surface area contributed by atoms with E-state index in [2.05, 4.69) is 409 Å². The van der Waals surface area contributed by atoms with Gasteiger partial charge in [0.15, 0.2) is 0 Å². The number of aryl methyl sites for hydroxylation is 4. The number of para-hydroxylation sites is 6. The minimum Gasteiger partial charge on any atom is -0.0600 e. The van der Waals surface area contributed by atoms with Crippen LogP contribution in [0.2, 0.25) is 0 Å². The molecule has 19 rings (SSSR count). The topological polar surface area (TPSA) is 19.4 Å². The molecule has 103 heavy (non-hydrogen) atoms. The molecule has 0 unspecified atom stereocenters. The van der Waals surface area contributed by atoms with Crippen LogP contribution in [0.15, 0.2) is 352 Å². The summed E-state index contributed by atoms with van der Waals surface area (Å²) in [5.74, 6) is 0. The van der Waals surface area contributed by atoms with Crippen LogP contribution in [-0.4, -0.2) is 14.5 Å². The third-order valence-electron chi connectivity index (χ3n) is 20.5. The Bertz CT molecular complexity index is 6090. The number of benzene rings is 16. The Morgan fingerprint density at radius 1 is 0.204 bits per heavy atom. The minimum absolute atomic E-state index is 0.110. The molecule has 490 valence electrons. The summed E-state index contributed by atoms with van der Waals surface area (Å²) in [6.07, 6.45) is 0. The molecule has 0 saturated heterocycles. The van der Waals surface area contributed by atoms with E-state index in [1.54, 1.807) is 0 Å². The van der Waals surface area contributed by atoms with Gasteiger partial charge in [-0.25, -0.2) is 0 Å². The smallest absolute Gasteiger partial charge is 0.0600 e. The number of fused-ring (bicyclic) bond motifs is 9. The van der Waals surface area contributed by atoms with Crippen LogP contribution in [0.3, 0.4) is 0 Å². The van der Waals surface area contributed by atoms with Crippen LogP contribution in [0.4, 0.5) is 102 Å². The second-order valence-electron chi connectivity index (χ2n) is 27.2. The molecule has 0 saturated carbocycles. The first-order chi connectivity index (χ1) is 50.7. The standard InChI is InChI=1S/C96H70N6Se/c1-63-46-48-69(49-47-63)97(70-31-19-24-64(2)54-70)73-34-22-36-75(57-73)99-85-39-12-14-41-87(85)100(88-42-15-13-40-86(88)99)77-50-52-80-83(59-77)95(67-27-7-5-8-28-67)81-53-51-78(60-84(81)96(80)68-29-9-6-10-30-68)102-90-44-17-16-43-89(90)101(91-61-82-79-38-11-18-45-93(79)103-94(82)62-92(91)102)76-37-23-35-74(58-76)98(71-32-20-25-65(3)55-71)72-33-21-26-66(4)56-72/h5-62H,1-4H3. The van der Waals surface area contributed by atoms with Crippen molar-refractivity contribution in [3.05, 3.63) is 374 Å². The first-order valence-electron chi connectivity index (χ1n) is 35.4. The van der Waals surface area contributed by atoms with Crippen molar-refractivity contribution in [1.82, 2.24) is 0 Å². The fourth-order valence-corrected chi connectivity index (χ4v) is 18.4. The molecule has 16 aromatic carbocycles. The van der Waals surface area contributed by atoms with Gasteiger partial charge in [0.2, 0.25) is 0 Å². The minimum atomic E-state index is 0.110. The monoisotopic (exact) mass is 1390 g/mol. The normalized spacial score (nSPS) is 12.4. The molecule has 7 heteroatoms. The van der Waals surface area contributed by atoms with Crippen molar-refractivity contribution in [1.29, 1.82) is 0 Å². The van der Waals surface area contributed by atoms with E-state index in [4.69, 9.17) is 0 Å². The van der Waals surface area contributed by atoms with E-state index in [9.17, 15) is 0 Å². The average Bonchev–Trinajstić information content (AvgIpc) is 1.45. The molecule has 2 aliphatic rings. The Balaban J connectivity index is 0.788. The van der Waals surface area contributed by atoms with Crippen molar-refractivity contribution in [3.8, 4) is 22.3 Å². The molecule has 0 N–H and O–H groups in total. The third kappa shape index (κ3) is 10.6. The number of hydrogen-bond acceptors (Lipinski definition) is 6. The fraction of sp³-hybridized carbons (Fsp3) is 0.0417. The summed E-state index contributed by atoms with van der Waals surface area (Å²) >= 11 is 0.110. The Morgan fingerprint density at radius 2 is 0.563 bits per heavy atom.